The number of rotatable bonds is 9. The van der Waals surface area contributed by atoms with Crippen molar-refractivity contribution < 1.29 is 9.47 Å². The number of ether oxygens (including phenoxy) is 2. The predicted octanol–water partition coefficient (Wildman–Crippen LogP) is 1.98. The van der Waals surface area contributed by atoms with Gasteiger partial charge in [-0.1, -0.05) is 18.2 Å². The molecular weight excluding hydrogens is 342 g/mol. The first-order valence-corrected chi connectivity index (χ1v) is 9.54. The number of aromatic nitrogens is 2. The van der Waals surface area contributed by atoms with Crippen LogP contribution in [0.4, 0.5) is 0 Å². The topological polar surface area (TPSA) is 72.7 Å². The second-order valence-corrected chi connectivity index (χ2v) is 6.64. The minimum absolute atomic E-state index is 0.573. The van der Waals surface area contributed by atoms with Gasteiger partial charge in [-0.2, -0.15) is 5.10 Å². The maximum absolute atomic E-state index is 5.72. The maximum Gasteiger partial charge on any atom is 0.191 e. The first-order chi connectivity index (χ1) is 13.3. The Morgan fingerprint density at radius 2 is 2.22 bits per heavy atom. The van der Waals surface area contributed by atoms with Gasteiger partial charge in [0.25, 0.3) is 0 Å². The van der Waals surface area contributed by atoms with Crippen LogP contribution < -0.4 is 10.6 Å². The molecule has 1 saturated heterocycles. The number of nitrogens with zero attached hydrogens (tertiary/aromatic N) is 3. The van der Waals surface area contributed by atoms with Crippen molar-refractivity contribution >= 4 is 5.96 Å². The van der Waals surface area contributed by atoms with E-state index in [1.54, 1.807) is 7.05 Å². The van der Waals surface area contributed by atoms with Crippen LogP contribution in [-0.2, 0) is 16.0 Å². The van der Waals surface area contributed by atoms with Gasteiger partial charge in [0.15, 0.2) is 5.96 Å². The first-order valence-electron chi connectivity index (χ1n) is 9.54. The summed E-state index contributed by atoms with van der Waals surface area (Å²) in [5.41, 5.74) is 2.15. The number of benzene rings is 1. The number of hydrogen-bond acceptors (Lipinski definition) is 4. The molecule has 0 aliphatic carbocycles. The van der Waals surface area contributed by atoms with Crippen molar-refractivity contribution in [3.63, 3.8) is 0 Å². The van der Waals surface area contributed by atoms with Crippen LogP contribution in [0.3, 0.4) is 0 Å². The Kier molecular flexibility index (Phi) is 7.68. The van der Waals surface area contributed by atoms with Gasteiger partial charge in [0.05, 0.1) is 25.1 Å². The summed E-state index contributed by atoms with van der Waals surface area (Å²) < 4.78 is 12.9. The zero-order valence-corrected chi connectivity index (χ0v) is 15.9. The van der Waals surface area contributed by atoms with Crippen LogP contribution in [0, 0.1) is 5.92 Å². The zero-order valence-electron chi connectivity index (χ0n) is 15.9. The van der Waals surface area contributed by atoms with Crippen molar-refractivity contribution in [1.29, 1.82) is 0 Å². The molecular formula is C20H29N5O2. The van der Waals surface area contributed by atoms with E-state index in [1.165, 1.54) is 0 Å². The molecule has 2 heterocycles. The van der Waals surface area contributed by atoms with Gasteiger partial charge >= 0.3 is 0 Å². The normalized spacial score (nSPS) is 17.2. The van der Waals surface area contributed by atoms with Gasteiger partial charge in [-0.3, -0.25) is 4.99 Å². The van der Waals surface area contributed by atoms with E-state index in [1.807, 2.05) is 47.4 Å². The highest BCUT2D eigenvalue weighted by Crippen LogP contribution is 2.12. The summed E-state index contributed by atoms with van der Waals surface area (Å²) >= 11 is 0. The Labute approximate surface area is 160 Å². The van der Waals surface area contributed by atoms with E-state index < -0.39 is 0 Å². The van der Waals surface area contributed by atoms with E-state index in [9.17, 15) is 0 Å². The van der Waals surface area contributed by atoms with E-state index in [0.717, 1.165) is 63.0 Å². The smallest absolute Gasteiger partial charge is 0.191 e. The highest BCUT2D eigenvalue weighted by Gasteiger charge is 2.15. The Morgan fingerprint density at radius 1 is 1.33 bits per heavy atom. The van der Waals surface area contributed by atoms with Gasteiger partial charge in [-0.05, 0) is 25.0 Å². The maximum atomic E-state index is 5.72. The van der Waals surface area contributed by atoms with Gasteiger partial charge < -0.3 is 20.1 Å². The van der Waals surface area contributed by atoms with Crippen LogP contribution in [0.15, 0.2) is 47.7 Å². The molecule has 0 amide bonds. The third kappa shape index (κ3) is 6.37. The fraction of sp³-hybridized carbons (Fsp3) is 0.500. The number of aliphatic imine (C=N–C) groups is 1. The minimum atomic E-state index is 0.573. The van der Waals surface area contributed by atoms with Crippen LogP contribution in [0.2, 0.25) is 0 Å². The summed E-state index contributed by atoms with van der Waals surface area (Å²) in [5, 5.41) is 11.0. The number of nitrogens with one attached hydrogen (secondary N) is 2. The largest absolute Gasteiger partial charge is 0.381 e. The van der Waals surface area contributed by atoms with E-state index in [2.05, 4.69) is 20.7 Å². The van der Waals surface area contributed by atoms with Gasteiger partial charge in [-0.15, -0.1) is 0 Å². The SMILES string of the molecule is CN=C(NCCCOCC1CCOC1)NCc1cnn(-c2ccccc2)c1. The quantitative estimate of drug-likeness (QED) is 0.401. The number of guanidine groups is 1. The van der Waals surface area contributed by atoms with E-state index in [-0.39, 0.29) is 0 Å². The number of para-hydroxylation sites is 1. The lowest BCUT2D eigenvalue weighted by atomic mass is 10.1. The Bertz CT molecular complexity index is 695. The molecule has 1 atom stereocenters. The predicted molar refractivity (Wildman–Crippen MR) is 106 cm³/mol. The standard InChI is InChI=1S/C20H29N5O2/c1-21-20(22-9-5-10-26-15-17-8-11-27-16-17)23-12-18-13-24-25(14-18)19-6-3-2-4-7-19/h2-4,6-7,13-14,17H,5,8-12,15-16H2,1H3,(H2,21,22,23). The zero-order chi connectivity index (χ0) is 18.7. The van der Waals surface area contributed by atoms with Gasteiger partial charge in [0, 0.05) is 51.0 Å². The fourth-order valence-electron chi connectivity index (χ4n) is 2.93. The van der Waals surface area contributed by atoms with Crippen molar-refractivity contribution in [1.82, 2.24) is 20.4 Å². The van der Waals surface area contributed by atoms with Crippen LogP contribution in [-0.4, -0.2) is 55.8 Å². The summed E-state index contributed by atoms with van der Waals surface area (Å²) in [6.07, 6.45) is 5.96. The number of hydrogen-bond donors (Lipinski definition) is 2. The van der Waals surface area contributed by atoms with Crippen molar-refractivity contribution in [3.05, 3.63) is 48.3 Å². The highest BCUT2D eigenvalue weighted by atomic mass is 16.5. The monoisotopic (exact) mass is 371 g/mol. The lowest BCUT2D eigenvalue weighted by molar-refractivity contribution is 0.0888. The average molecular weight is 371 g/mol. The molecule has 7 nitrogen and oxygen atoms in total. The molecule has 2 aromatic rings. The molecule has 1 aromatic heterocycles. The second kappa shape index (κ2) is 10.7. The molecule has 1 unspecified atom stereocenters. The lowest BCUT2D eigenvalue weighted by Gasteiger charge is -2.12. The summed E-state index contributed by atoms with van der Waals surface area (Å²) in [7, 11) is 1.78. The third-order valence-corrected chi connectivity index (χ3v) is 4.48. The van der Waals surface area contributed by atoms with E-state index in [0.29, 0.717) is 12.5 Å². The van der Waals surface area contributed by atoms with Crippen molar-refractivity contribution in [2.45, 2.75) is 19.4 Å². The molecule has 1 aromatic carbocycles. The molecule has 146 valence electrons. The van der Waals surface area contributed by atoms with Gasteiger partial charge in [0.1, 0.15) is 0 Å². The molecule has 27 heavy (non-hydrogen) atoms. The summed E-state index contributed by atoms with van der Waals surface area (Å²) in [6, 6.07) is 10.1. The van der Waals surface area contributed by atoms with Crippen molar-refractivity contribution in [2.24, 2.45) is 10.9 Å². The van der Waals surface area contributed by atoms with Gasteiger partial charge in [-0.25, -0.2) is 4.68 Å². The van der Waals surface area contributed by atoms with Crippen molar-refractivity contribution in [3.8, 4) is 5.69 Å². The molecule has 2 N–H and O–H groups in total. The Hall–Kier alpha value is -2.38. The summed E-state index contributed by atoms with van der Waals surface area (Å²) in [4.78, 5) is 4.26. The molecule has 1 fully saturated rings. The molecule has 1 aliphatic heterocycles. The molecule has 0 bridgehead atoms. The first kappa shape index (κ1) is 19.4. The molecule has 0 spiro atoms. The fourth-order valence-corrected chi connectivity index (χ4v) is 2.93. The average Bonchev–Trinajstić information content (AvgIpc) is 3.39. The Balaban J connectivity index is 1.31. The summed E-state index contributed by atoms with van der Waals surface area (Å²) in [5.74, 6) is 1.36. The van der Waals surface area contributed by atoms with Crippen LogP contribution in [0.25, 0.3) is 5.69 Å². The molecule has 3 rings (SSSR count). The third-order valence-electron chi connectivity index (χ3n) is 4.48. The van der Waals surface area contributed by atoms with Crippen LogP contribution >= 0.6 is 0 Å². The van der Waals surface area contributed by atoms with E-state index >= 15 is 0 Å². The second-order valence-electron chi connectivity index (χ2n) is 6.64. The van der Waals surface area contributed by atoms with E-state index in [4.69, 9.17) is 9.47 Å². The van der Waals surface area contributed by atoms with Crippen LogP contribution in [0.1, 0.15) is 18.4 Å². The van der Waals surface area contributed by atoms with Crippen LogP contribution in [0.5, 0.6) is 0 Å². The molecule has 0 radical (unpaired) electrons. The molecule has 1 aliphatic rings. The minimum Gasteiger partial charge on any atom is -0.381 e. The highest BCUT2D eigenvalue weighted by molar-refractivity contribution is 5.79. The molecule has 0 saturated carbocycles. The van der Waals surface area contributed by atoms with Gasteiger partial charge in [0.2, 0.25) is 0 Å². The summed E-state index contributed by atoms with van der Waals surface area (Å²) in [6.45, 7) is 4.77. The molecule has 7 heteroatoms. The lowest BCUT2D eigenvalue weighted by Crippen LogP contribution is -2.37. The Morgan fingerprint density at radius 3 is 3.00 bits per heavy atom. The van der Waals surface area contributed by atoms with Crippen molar-refractivity contribution in [2.75, 3.05) is 40.0 Å².